The average molecular weight is 613 g/mol. The molecule has 8 nitrogen and oxygen atoms in total. The number of anilines is 1. The fraction of sp³-hybridized carbons (Fsp3) is 0.333. The number of hydrogen-bond donors (Lipinski definition) is 0. The number of nitrogens with zero attached hydrogens (tertiary/aromatic N) is 6. The Morgan fingerprint density at radius 2 is 1.58 bits per heavy atom. The summed E-state index contributed by atoms with van der Waals surface area (Å²) < 4.78 is 15.4. The van der Waals surface area contributed by atoms with Crippen molar-refractivity contribution in [3.63, 3.8) is 0 Å². The quantitative estimate of drug-likeness (QED) is 0.173. The van der Waals surface area contributed by atoms with E-state index in [0.717, 1.165) is 16.9 Å². The zero-order chi connectivity index (χ0) is 30.0. The van der Waals surface area contributed by atoms with E-state index in [1.165, 1.54) is 10.4 Å². The number of halogens is 1. The van der Waals surface area contributed by atoms with Gasteiger partial charge in [-0.3, -0.25) is 4.98 Å². The molecule has 0 bridgehead atoms. The zero-order valence-electron chi connectivity index (χ0n) is 25.1. The molecule has 1 atom stereocenters. The van der Waals surface area contributed by atoms with E-state index in [4.69, 9.17) is 30.7 Å². The van der Waals surface area contributed by atoms with Gasteiger partial charge >= 0.3 is 0 Å². The van der Waals surface area contributed by atoms with E-state index >= 15 is 0 Å². The van der Waals surface area contributed by atoms with Crippen LogP contribution in [0.4, 0.5) is 5.82 Å². The second kappa shape index (κ2) is 12.2. The van der Waals surface area contributed by atoms with Gasteiger partial charge in [0, 0.05) is 31.0 Å². The molecule has 1 aliphatic heterocycles. The predicted molar refractivity (Wildman–Crippen MR) is 175 cm³/mol. The summed E-state index contributed by atoms with van der Waals surface area (Å²) in [6, 6.07) is 25.2. The molecule has 10 heteroatoms. The topological polar surface area (TPSA) is 78.2 Å². The van der Waals surface area contributed by atoms with Gasteiger partial charge in [-0.05, 0) is 46.1 Å². The van der Waals surface area contributed by atoms with Crippen molar-refractivity contribution < 1.29 is 9.16 Å². The van der Waals surface area contributed by atoms with Crippen molar-refractivity contribution in [3.8, 4) is 11.4 Å². The number of aryl methyl sites for hydroxylation is 1. The molecule has 0 aliphatic carbocycles. The van der Waals surface area contributed by atoms with E-state index < -0.39 is 8.32 Å². The second-order valence-corrected chi connectivity index (χ2v) is 16.4. The number of imidazole rings is 1. The third-order valence-corrected chi connectivity index (χ3v) is 13.4. The van der Waals surface area contributed by atoms with Gasteiger partial charge < -0.3 is 18.6 Å². The molecule has 0 radical (unpaired) electrons. The summed E-state index contributed by atoms with van der Waals surface area (Å²) in [6.07, 6.45) is 3.54. The third-order valence-electron chi connectivity index (χ3n) is 8.21. The van der Waals surface area contributed by atoms with Gasteiger partial charge in [-0.15, -0.1) is 0 Å². The van der Waals surface area contributed by atoms with Gasteiger partial charge in [-0.2, -0.15) is 9.97 Å². The summed E-state index contributed by atoms with van der Waals surface area (Å²) in [7, 11) is -2.75. The van der Waals surface area contributed by atoms with Crippen molar-refractivity contribution in [2.24, 2.45) is 0 Å². The molecule has 2 aromatic carbocycles. The second-order valence-electron chi connectivity index (χ2n) is 11.8. The number of aromatic nitrogens is 5. The first kappa shape index (κ1) is 29.4. The van der Waals surface area contributed by atoms with Crippen molar-refractivity contribution in [1.82, 2.24) is 24.5 Å². The molecule has 1 unspecified atom stereocenters. The maximum atomic E-state index is 7.33. The lowest BCUT2D eigenvalue weighted by Gasteiger charge is -2.45. The molecule has 43 heavy (non-hydrogen) atoms. The Morgan fingerprint density at radius 1 is 0.930 bits per heavy atom. The molecule has 0 amide bonds. The number of benzene rings is 2. The van der Waals surface area contributed by atoms with Gasteiger partial charge in [0.2, 0.25) is 5.28 Å². The Balaban J connectivity index is 1.42. The van der Waals surface area contributed by atoms with Gasteiger partial charge in [0.15, 0.2) is 17.0 Å². The van der Waals surface area contributed by atoms with E-state index in [1.807, 2.05) is 12.1 Å². The van der Waals surface area contributed by atoms with Crippen molar-refractivity contribution in [2.45, 2.75) is 45.3 Å². The standard InChI is InChI=1S/C33H37ClN6O2Si/c1-5-39-29(24-16-18-35-19-17-24)36-28-30(39)37-32(34)38-31(28)40-20-21-41-22-25(40)23-42-43(33(2,3)4,26-12-8-6-9-13-26)27-14-10-7-11-15-27/h6-19,25H,5,20-23H2,1-4H3. The zero-order valence-corrected chi connectivity index (χ0v) is 26.8. The largest absolute Gasteiger partial charge is 0.405 e. The molecule has 5 aromatic rings. The van der Waals surface area contributed by atoms with Crippen LogP contribution in [0.5, 0.6) is 0 Å². The molecule has 1 fully saturated rings. The number of ether oxygens (including phenoxy) is 1. The molecule has 0 saturated carbocycles. The van der Waals surface area contributed by atoms with E-state index in [9.17, 15) is 0 Å². The summed E-state index contributed by atoms with van der Waals surface area (Å²) in [5.41, 5.74) is 2.39. The number of hydrogen-bond acceptors (Lipinski definition) is 7. The molecule has 222 valence electrons. The smallest absolute Gasteiger partial charge is 0.261 e. The highest BCUT2D eigenvalue weighted by atomic mass is 35.5. The summed E-state index contributed by atoms with van der Waals surface area (Å²) in [5.74, 6) is 1.52. The minimum Gasteiger partial charge on any atom is -0.405 e. The van der Waals surface area contributed by atoms with E-state index in [1.54, 1.807) is 12.4 Å². The predicted octanol–water partition coefficient (Wildman–Crippen LogP) is 5.34. The Hall–Kier alpha value is -3.63. The van der Waals surface area contributed by atoms with Crippen molar-refractivity contribution in [3.05, 3.63) is 90.5 Å². The van der Waals surface area contributed by atoms with Crippen LogP contribution >= 0.6 is 11.6 Å². The van der Waals surface area contributed by atoms with Crippen molar-refractivity contribution in [2.75, 3.05) is 31.3 Å². The van der Waals surface area contributed by atoms with Crippen LogP contribution in [-0.2, 0) is 15.7 Å². The fourth-order valence-corrected chi connectivity index (χ4v) is 11.0. The SMILES string of the molecule is CCn1c(-c2ccncc2)nc2c(N3CCOCC3CO[Si](c3ccccc3)(c3ccccc3)C(C)(C)C)nc(Cl)nc21. The van der Waals surface area contributed by atoms with Gasteiger partial charge in [-0.1, -0.05) is 81.4 Å². The molecule has 1 aliphatic rings. The van der Waals surface area contributed by atoms with Crippen LogP contribution in [-0.4, -0.2) is 65.2 Å². The van der Waals surface area contributed by atoms with Gasteiger partial charge in [-0.25, -0.2) is 4.98 Å². The van der Waals surface area contributed by atoms with E-state index in [0.29, 0.717) is 44.4 Å². The van der Waals surface area contributed by atoms with Crippen LogP contribution < -0.4 is 15.3 Å². The summed E-state index contributed by atoms with van der Waals surface area (Å²) >= 11 is 6.59. The van der Waals surface area contributed by atoms with Crippen molar-refractivity contribution in [1.29, 1.82) is 0 Å². The maximum absolute atomic E-state index is 7.33. The number of rotatable bonds is 8. The molecular formula is C33H37ClN6O2Si. The molecule has 0 spiro atoms. The summed E-state index contributed by atoms with van der Waals surface area (Å²) in [5, 5.41) is 2.54. The first-order valence-corrected chi connectivity index (χ1v) is 17.1. The van der Waals surface area contributed by atoms with Crippen LogP contribution in [0.15, 0.2) is 85.2 Å². The summed E-state index contributed by atoms with van der Waals surface area (Å²) in [6.45, 7) is 11.8. The first-order valence-electron chi connectivity index (χ1n) is 14.8. The Morgan fingerprint density at radius 3 is 2.19 bits per heavy atom. The number of pyridine rings is 1. The van der Waals surface area contributed by atoms with Crippen molar-refractivity contribution >= 4 is 47.3 Å². The monoisotopic (exact) mass is 612 g/mol. The highest BCUT2D eigenvalue weighted by Gasteiger charge is 2.50. The fourth-order valence-electron chi connectivity index (χ4n) is 6.24. The molecule has 0 N–H and O–H groups in total. The van der Waals surface area contributed by atoms with Gasteiger partial charge in [0.25, 0.3) is 8.32 Å². The molecular weight excluding hydrogens is 576 g/mol. The summed E-state index contributed by atoms with van der Waals surface area (Å²) in [4.78, 5) is 20.9. The number of morpholine rings is 1. The highest BCUT2D eigenvalue weighted by molar-refractivity contribution is 6.99. The van der Waals surface area contributed by atoms with E-state index in [2.05, 4.69) is 108 Å². The van der Waals surface area contributed by atoms with Gasteiger partial charge in [0.1, 0.15) is 5.82 Å². The van der Waals surface area contributed by atoms with Crippen LogP contribution in [0.3, 0.4) is 0 Å². The molecule has 1 saturated heterocycles. The third kappa shape index (κ3) is 5.46. The Kier molecular flexibility index (Phi) is 8.33. The maximum Gasteiger partial charge on any atom is 0.261 e. The van der Waals surface area contributed by atoms with E-state index in [-0.39, 0.29) is 16.4 Å². The molecule has 3 aromatic heterocycles. The minimum absolute atomic E-state index is 0.0966. The van der Waals surface area contributed by atoms with Crippen LogP contribution in [0.2, 0.25) is 10.3 Å². The minimum atomic E-state index is -2.75. The first-order chi connectivity index (χ1) is 20.8. The van der Waals surface area contributed by atoms with Crippen LogP contribution in [0.25, 0.3) is 22.6 Å². The highest BCUT2D eigenvalue weighted by Crippen LogP contribution is 2.38. The lowest BCUT2D eigenvalue weighted by molar-refractivity contribution is 0.0749. The molecule has 4 heterocycles. The average Bonchev–Trinajstić information content (AvgIpc) is 3.40. The van der Waals surface area contributed by atoms with Gasteiger partial charge in [0.05, 0.1) is 25.9 Å². The lowest BCUT2D eigenvalue weighted by Crippen LogP contribution is -2.67. The Bertz CT molecular complexity index is 1640. The molecule has 6 rings (SSSR count). The number of fused-ring (bicyclic) bond motifs is 1. The van der Waals surface area contributed by atoms with Crippen LogP contribution in [0, 0.1) is 0 Å². The Labute approximate surface area is 258 Å². The lowest BCUT2D eigenvalue weighted by atomic mass is 10.2. The normalized spacial score (nSPS) is 16.1. The van der Waals surface area contributed by atoms with Crippen LogP contribution in [0.1, 0.15) is 27.7 Å².